The average Bonchev–Trinajstić information content (AvgIpc) is 3.11. The van der Waals surface area contributed by atoms with Gasteiger partial charge in [-0.1, -0.05) is 36.4 Å². The van der Waals surface area contributed by atoms with Crippen molar-refractivity contribution in [3.8, 4) is 0 Å². The van der Waals surface area contributed by atoms with Crippen LogP contribution < -0.4 is 4.90 Å². The fraction of sp³-hybridized carbons (Fsp3) is 0.125. The van der Waals surface area contributed by atoms with Crippen LogP contribution in [0.15, 0.2) is 48.5 Å². The number of nitrogens with one attached hydrogen (secondary N) is 1. The van der Waals surface area contributed by atoms with E-state index in [4.69, 9.17) is 0 Å². The standard InChI is InChI=1S/C16H13N3O/c20-16(15-12-6-2-3-7-13(12)17-18-15)19-10-9-11-5-1-4-8-14(11)19/h1-8H,9-10H2,(H,17,18). The molecule has 1 aliphatic rings. The Labute approximate surface area is 116 Å². The first-order valence-corrected chi connectivity index (χ1v) is 6.67. The largest absolute Gasteiger partial charge is 0.306 e. The molecule has 4 heteroatoms. The van der Waals surface area contributed by atoms with Crippen molar-refractivity contribution in [2.75, 3.05) is 11.4 Å². The molecule has 0 radical (unpaired) electrons. The highest BCUT2D eigenvalue weighted by atomic mass is 16.2. The van der Waals surface area contributed by atoms with E-state index in [1.807, 2.05) is 47.4 Å². The summed E-state index contributed by atoms with van der Waals surface area (Å²) in [6, 6.07) is 15.8. The molecule has 0 bridgehead atoms. The molecule has 1 amide bonds. The number of hydrogen-bond acceptors (Lipinski definition) is 2. The number of fused-ring (bicyclic) bond motifs is 2. The predicted octanol–water partition coefficient (Wildman–Crippen LogP) is 2.77. The molecule has 0 atom stereocenters. The molecule has 98 valence electrons. The highest BCUT2D eigenvalue weighted by Crippen LogP contribution is 2.29. The van der Waals surface area contributed by atoms with Crippen LogP contribution in [0.2, 0.25) is 0 Å². The van der Waals surface area contributed by atoms with Crippen molar-refractivity contribution in [3.05, 3.63) is 59.8 Å². The summed E-state index contributed by atoms with van der Waals surface area (Å²) < 4.78 is 0. The van der Waals surface area contributed by atoms with Gasteiger partial charge in [0.05, 0.1) is 5.52 Å². The van der Waals surface area contributed by atoms with Crippen LogP contribution in [0.4, 0.5) is 5.69 Å². The van der Waals surface area contributed by atoms with E-state index in [2.05, 4.69) is 16.3 Å². The second-order valence-electron chi connectivity index (χ2n) is 4.95. The van der Waals surface area contributed by atoms with Crippen LogP contribution >= 0.6 is 0 Å². The third kappa shape index (κ3) is 1.54. The van der Waals surface area contributed by atoms with Gasteiger partial charge in [-0.2, -0.15) is 5.10 Å². The SMILES string of the molecule is O=C(c1n[nH]c2ccccc12)N1CCc2ccccc21. The second-order valence-corrected chi connectivity index (χ2v) is 4.95. The van der Waals surface area contributed by atoms with Crippen LogP contribution in [0, 0.1) is 0 Å². The minimum atomic E-state index is -0.0348. The van der Waals surface area contributed by atoms with E-state index in [0.717, 1.165) is 29.6 Å². The molecule has 0 spiro atoms. The Balaban J connectivity index is 1.79. The number of para-hydroxylation sites is 2. The molecular weight excluding hydrogens is 250 g/mol. The number of hydrogen-bond donors (Lipinski definition) is 1. The predicted molar refractivity (Wildman–Crippen MR) is 77.9 cm³/mol. The molecule has 4 rings (SSSR count). The van der Waals surface area contributed by atoms with Crippen molar-refractivity contribution in [2.45, 2.75) is 6.42 Å². The van der Waals surface area contributed by atoms with E-state index in [0.29, 0.717) is 5.69 Å². The summed E-state index contributed by atoms with van der Waals surface area (Å²) in [5.41, 5.74) is 3.62. The van der Waals surface area contributed by atoms with Crippen LogP contribution in [0.1, 0.15) is 16.1 Å². The summed E-state index contributed by atoms with van der Waals surface area (Å²) in [5, 5.41) is 7.99. The average molecular weight is 263 g/mol. The summed E-state index contributed by atoms with van der Waals surface area (Å²) in [7, 11) is 0. The number of aromatic amines is 1. The van der Waals surface area contributed by atoms with E-state index in [-0.39, 0.29) is 5.91 Å². The smallest absolute Gasteiger partial charge is 0.279 e. The number of carbonyl (C=O) groups is 1. The molecule has 0 unspecified atom stereocenters. The number of rotatable bonds is 1. The maximum Gasteiger partial charge on any atom is 0.279 e. The fourth-order valence-corrected chi connectivity index (χ4v) is 2.80. The first-order valence-electron chi connectivity index (χ1n) is 6.67. The number of anilines is 1. The molecule has 3 aromatic rings. The highest BCUT2D eigenvalue weighted by molar-refractivity contribution is 6.13. The van der Waals surface area contributed by atoms with Gasteiger partial charge in [0.25, 0.3) is 5.91 Å². The first-order chi connectivity index (χ1) is 9.84. The third-order valence-electron chi connectivity index (χ3n) is 3.81. The highest BCUT2D eigenvalue weighted by Gasteiger charge is 2.27. The van der Waals surface area contributed by atoms with Crippen LogP contribution in [-0.4, -0.2) is 22.6 Å². The molecule has 1 aromatic heterocycles. The van der Waals surface area contributed by atoms with Crippen LogP contribution in [0.25, 0.3) is 10.9 Å². The van der Waals surface area contributed by atoms with Crippen LogP contribution in [0.5, 0.6) is 0 Å². The minimum absolute atomic E-state index is 0.0348. The maximum atomic E-state index is 12.7. The number of benzene rings is 2. The number of amides is 1. The van der Waals surface area contributed by atoms with Gasteiger partial charge in [-0.15, -0.1) is 0 Å². The summed E-state index contributed by atoms with van der Waals surface area (Å²) in [5.74, 6) is -0.0348. The van der Waals surface area contributed by atoms with Gasteiger partial charge >= 0.3 is 0 Å². The second kappa shape index (κ2) is 4.20. The Morgan fingerprint density at radius 3 is 2.85 bits per heavy atom. The number of H-pyrrole nitrogens is 1. The van der Waals surface area contributed by atoms with Gasteiger partial charge in [-0.05, 0) is 24.1 Å². The normalized spacial score (nSPS) is 13.7. The zero-order valence-electron chi connectivity index (χ0n) is 10.8. The van der Waals surface area contributed by atoms with Gasteiger partial charge in [0.15, 0.2) is 5.69 Å². The van der Waals surface area contributed by atoms with Gasteiger partial charge in [0.1, 0.15) is 0 Å². The van der Waals surface area contributed by atoms with Gasteiger partial charge in [-0.25, -0.2) is 0 Å². The van der Waals surface area contributed by atoms with Crippen molar-refractivity contribution in [1.29, 1.82) is 0 Å². The van der Waals surface area contributed by atoms with E-state index in [1.165, 1.54) is 5.56 Å². The Bertz CT molecular complexity index is 806. The van der Waals surface area contributed by atoms with Crippen molar-refractivity contribution in [3.63, 3.8) is 0 Å². The molecule has 1 aliphatic heterocycles. The van der Waals surface area contributed by atoms with E-state index in [9.17, 15) is 4.79 Å². The molecule has 4 nitrogen and oxygen atoms in total. The van der Waals surface area contributed by atoms with Crippen LogP contribution in [0.3, 0.4) is 0 Å². The van der Waals surface area contributed by atoms with Crippen molar-refractivity contribution in [2.24, 2.45) is 0 Å². The fourth-order valence-electron chi connectivity index (χ4n) is 2.80. The van der Waals surface area contributed by atoms with Crippen molar-refractivity contribution < 1.29 is 4.79 Å². The Morgan fingerprint density at radius 1 is 1.10 bits per heavy atom. The zero-order chi connectivity index (χ0) is 13.5. The van der Waals surface area contributed by atoms with Gasteiger partial charge in [0.2, 0.25) is 0 Å². The molecular formula is C16H13N3O. The Hall–Kier alpha value is -2.62. The molecule has 2 aromatic carbocycles. The third-order valence-corrected chi connectivity index (χ3v) is 3.81. The lowest BCUT2D eigenvalue weighted by atomic mass is 10.1. The molecule has 0 saturated heterocycles. The van der Waals surface area contributed by atoms with Crippen molar-refractivity contribution in [1.82, 2.24) is 10.2 Å². The molecule has 0 saturated carbocycles. The van der Waals surface area contributed by atoms with E-state index >= 15 is 0 Å². The van der Waals surface area contributed by atoms with Gasteiger partial charge < -0.3 is 4.90 Å². The molecule has 0 aliphatic carbocycles. The number of aromatic nitrogens is 2. The molecule has 20 heavy (non-hydrogen) atoms. The van der Waals surface area contributed by atoms with Crippen LogP contribution in [-0.2, 0) is 6.42 Å². The first kappa shape index (κ1) is 11.2. The summed E-state index contributed by atoms with van der Waals surface area (Å²) >= 11 is 0. The number of nitrogens with zero attached hydrogens (tertiary/aromatic N) is 2. The van der Waals surface area contributed by atoms with Crippen molar-refractivity contribution >= 4 is 22.5 Å². The Morgan fingerprint density at radius 2 is 1.90 bits per heavy atom. The zero-order valence-corrected chi connectivity index (χ0v) is 10.8. The lowest BCUT2D eigenvalue weighted by Crippen LogP contribution is -2.29. The monoisotopic (exact) mass is 263 g/mol. The lowest BCUT2D eigenvalue weighted by Gasteiger charge is -2.15. The quantitative estimate of drug-likeness (QED) is 0.734. The lowest BCUT2D eigenvalue weighted by molar-refractivity contribution is 0.0986. The molecule has 0 fully saturated rings. The molecule has 2 heterocycles. The summed E-state index contributed by atoms with van der Waals surface area (Å²) in [4.78, 5) is 14.5. The molecule has 1 N–H and O–H groups in total. The van der Waals surface area contributed by atoms with E-state index < -0.39 is 0 Å². The van der Waals surface area contributed by atoms with E-state index in [1.54, 1.807) is 0 Å². The topological polar surface area (TPSA) is 49.0 Å². The van der Waals surface area contributed by atoms with Gasteiger partial charge in [-0.3, -0.25) is 9.89 Å². The Kier molecular flexibility index (Phi) is 2.36. The maximum absolute atomic E-state index is 12.7. The summed E-state index contributed by atoms with van der Waals surface area (Å²) in [6.45, 7) is 0.722. The summed E-state index contributed by atoms with van der Waals surface area (Å²) in [6.07, 6.45) is 0.907. The van der Waals surface area contributed by atoms with Gasteiger partial charge in [0, 0.05) is 17.6 Å². The minimum Gasteiger partial charge on any atom is -0.306 e. The number of carbonyl (C=O) groups excluding carboxylic acids is 1.